The van der Waals surface area contributed by atoms with Crippen molar-refractivity contribution in [2.45, 2.75) is 13.5 Å². The number of rotatable bonds is 7. The number of esters is 1. The van der Waals surface area contributed by atoms with Crippen molar-refractivity contribution in [1.29, 1.82) is 0 Å². The summed E-state index contributed by atoms with van der Waals surface area (Å²) in [6.07, 6.45) is 1.38. The molecule has 0 unspecified atom stereocenters. The Hall–Kier alpha value is -3.09. The lowest BCUT2D eigenvalue weighted by Gasteiger charge is -2.12. The molecule has 2 aromatic carbocycles. The summed E-state index contributed by atoms with van der Waals surface area (Å²) in [5.41, 5.74) is 1.55. The minimum absolute atomic E-state index is 0.149. The molecule has 8 heteroatoms. The smallest absolute Gasteiger partial charge is 0.339 e. The van der Waals surface area contributed by atoms with Crippen molar-refractivity contribution in [1.82, 2.24) is 4.98 Å². The fourth-order valence-corrected chi connectivity index (χ4v) is 2.93. The van der Waals surface area contributed by atoms with Crippen LogP contribution in [-0.2, 0) is 16.1 Å². The van der Waals surface area contributed by atoms with E-state index in [2.05, 4.69) is 10.3 Å². The molecule has 1 heterocycles. The van der Waals surface area contributed by atoms with Crippen LogP contribution >= 0.6 is 23.2 Å². The van der Waals surface area contributed by atoms with E-state index in [0.29, 0.717) is 27.5 Å². The summed E-state index contributed by atoms with van der Waals surface area (Å²) in [6, 6.07) is 16.1. The first-order chi connectivity index (χ1) is 14.5. The number of halogens is 2. The molecular weight excluding hydrogens is 427 g/mol. The van der Waals surface area contributed by atoms with Crippen molar-refractivity contribution < 1.29 is 19.1 Å². The Balaban J connectivity index is 1.60. The van der Waals surface area contributed by atoms with E-state index in [-0.39, 0.29) is 17.4 Å². The highest BCUT2D eigenvalue weighted by Crippen LogP contribution is 2.28. The molecule has 6 nitrogen and oxygen atoms in total. The van der Waals surface area contributed by atoms with E-state index in [1.807, 2.05) is 30.3 Å². The minimum Gasteiger partial charge on any atom is -0.489 e. The van der Waals surface area contributed by atoms with Crippen LogP contribution in [0.4, 0.5) is 5.82 Å². The Labute approximate surface area is 183 Å². The Bertz CT molecular complexity index is 1060. The normalized spacial score (nSPS) is 10.4. The molecule has 0 fully saturated rings. The first-order valence-corrected chi connectivity index (χ1v) is 9.74. The third-order valence-corrected chi connectivity index (χ3v) is 5.01. The average Bonchev–Trinajstić information content (AvgIpc) is 2.77. The van der Waals surface area contributed by atoms with Gasteiger partial charge < -0.3 is 14.8 Å². The minimum atomic E-state index is -0.635. The molecule has 154 valence electrons. The monoisotopic (exact) mass is 444 g/mol. The van der Waals surface area contributed by atoms with Crippen molar-refractivity contribution in [3.8, 4) is 5.75 Å². The van der Waals surface area contributed by atoms with Crippen LogP contribution < -0.4 is 10.1 Å². The molecule has 30 heavy (non-hydrogen) atoms. The number of hydrogen-bond acceptors (Lipinski definition) is 5. The molecule has 3 aromatic rings. The highest BCUT2D eigenvalue weighted by atomic mass is 35.5. The second-order valence-corrected chi connectivity index (χ2v) is 7.06. The van der Waals surface area contributed by atoms with Crippen LogP contribution in [0.5, 0.6) is 5.75 Å². The molecule has 1 N–H and O–H groups in total. The summed E-state index contributed by atoms with van der Waals surface area (Å²) in [4.78, 5) is 28.6. The van der Waals surface area contributed by atoms with Gasteiger partial charge in [0.25, 0.3) is 5.91 Å². The van der Waals surface area contributed by atoms with Gasteiger partial charge in [-0.3, -0.25) is 4.79 Å². The predicted octanol–water partition coefficient (Wildman–Crippen LogP) is 5.07. The number of nitrogens with one attached hydrogen (secondary N) is 1. The largest absolute Gasteiger partial charge is 0.489 e. The Morgan fingerprint density at radius 1 is 1.03 bits per heavy atom. The van der Waals surface area contributed by atoms with E-state index in [1.54, 1.807) is 31.2 Å². The summed E-state index contributed by atoms with van der Waals surface area (Å²) in [5, 5.41) is 3.12. The van der Waals surface area contributed by atoms with Crippen LogP contribution in [0.1, 0.15) is 21.5 Å². The van der Waals surface area contributed by atoms with Crippen LogP contribution in [0.2, 0.25) is 10.0 Å². The zero-order valence-electron chi connectivity index (χ0n) is 16.0. The lowest BCUT2D eigenvalue weighted by molar-refractivity contribution is -0.119. The number of hydrogen-bond donors (Lipinski definition) is 1. The highest BCUT2D eigenvalue weighted by molar-refractivity contribution is 6.37. The lowest BCUT2D eigenvalue weighted by Crippen LogP contribution is -2.22. The molecule has 0 aliphatic carbocycles. The number of ether oxygens (including phenoxy) is 2. The Kier molecular flexibility index (Phi) is 7.27. The molecular formula is C22H18Cl2N2O4. The number of anilines is 1. The molecule has 0 spiro atoms. The van der Waals surface area contributed by atoms with Gasteiger partial charge in [-0.15, -0.1) is 0 Å². The number of pyridine rings is 1. The Morgan fingerprint density at radius 2 is 1.73 bits per heavy atom. The van der Waals surface area contributed by atoms with E-state index in [1.165, 1.54) is 6.20 Å². The van der Waals surface area contributed by atoms with Crippen molar-refractivity contribution in [2.24, 2.45) is 0 Å². The molecule has 0 bridgehead atoms. The van der Waals surface area contributed by atoms with E-state index >= 15 is 0 Å². The lowest BCUT2D eigenvalue weighted by atomic mass is 10.1. The number of para-hydroxylation sites is 1. The zero-order chi connectivity index (χ0) is 21.5. The van der Waals surface area contributed by atoms with Crippen LogP contribution in [0.3, 0.4) is 0 Å². The zero-order valence-corrected chi connectivity index (χ0v) is 17.5. The van der Waals surface area contributed by atoms with Gasteiger partial charge in [0.05, 0.1) is 15.6 Å². The fourth-order valence-electron chi connectivity index (χ4n) is 2.54. The summed E-state index contributed by atoms with van der Waals surface area (Å²) in [5.74, 6) is -0.375. The second kappa shape index (κ2) is 10.1. The van der Waals surface area contributed by atoms with Crippen molar-refractivity contribution in [3.05, 3.63) is 87.5 Å². The summed E-state index contributed by atoms with van der Waals surface area (Å²) < 4.78 is 10.8. The number of carbonyl (C=O) groups is 2. The topological polar surface area (TPSA) is 77.5 Å². The SMILES string of the molecule is Cc1c(Cl)cnc(NC(=O)COC(=O)c2ccccc2COc2ccccc2)c1Cl. The van der Waals surface area contributed by atoms with Gasteiger partial charge in [-0.1, -0.05) is 59.6 Å². The molecule has 0 aliphatic heterocycles. The van der Waals surface area contributed by atoms with E-state index in [9.17, 15) is 9.59 Å². The number of carbonyl (C=O) groups excluding carboxylic acids is 2. The molecule has 0 saturated heterocycles. The van der Waals surface area contributed by atoms with Crippen LogP contribution in [0.25, 0.3) is 0 Å². The maximum Gasteiger partial charge on any atom is 0.339 e. The summed E-state index contributed by atoms with van der Waals surface area (Å²) in [7, 11) is 0. The summed E-state index contributed by atoms with van der Waals surface area (Å²) in [6.45, 7) is 1.40. The standard InChI is InChI=1S/C22H18Cl2N2O4/c1-14-18(23)11-25-21(20(14)24)26-19(27)13-30-22(28)17-10-6-5-7-15(17)12-29-16-8-3-2-4-9-16/h2-11H,12-13H2,1H3,(H,25,26,27). The molecule has 1 amide bonds. The first kappa shape index (κ1) is 21.6. The number of aromatic nitrogens is 1. The van der Waals surface area contributed by atoms with Gasteiger partial charge in [0.2, 0.25) is 0 Å². The van der Waals surface area contributed by atoms with Gasteiger partial charge in [0.1, 0.15) is 12.4 Å². The van der Waals surface area contributed by atoms with Crippen LogP contribution in [-0.4, -0.2) is 23.5 Å². The maximum absolute atomic E-state index is 12.5. The highest BCUT2D eigenvalue weighted by Gasteiger charge is 2.16. The van der Waals surface area contributed by atoms with Gasteiger partial charge in [-0.2, -0.15) is 0 Å². The van der Waals surface area contributed by atoms with Gasteiger partial charge >= 0.3 is 5.97 Å². The van der Waals surface area contributed by atoms with Gasteiger partial charge in [-0.05, 0) is 30.7 Å². The third-order valence-electron chi connectivity index (χ3n) is 4.17. The van der Waals surface area contributed by atoms with E-state index in [0.717, 1.165) is 0 Å². The number of amides is 1. The maximum atomic E-state index is 12.5. The predicted molar refractivity (Wildman–Crippen MR) is 115 cm³/mol. The third kappa shape index (κ3) is 5.49. The molecule has 0 aliphatic rings. The first-order valence-electron chi connectivity index (χ1n) is 8.99. The second-order valence-electron chi connectivity index (χ2n) is 6.28. The number of benzene rings is 2. The van der Waals surface area contributed by atoms with Crippen LogP contribution in [0, 0.1) is 6.92 Å². The molecule has 1 aromatic heterocycles. The molecule has 0 radical (unpaired) electrons. The molecule has 0 saturated carbocycles. The quantitative estimate of drug-likeness (QED) is 0.514. The molecule has 0 atom stereocenters. The Morgan fingerprint density at radius 3 is 2.50 bits per heavy atom. The van der Waals surface area contributed by atoms with E-state index in [4.69, 9.17) is 32.7 Å². The van der Waals surface area contributed by atoms with Crippen LogP contribution in [0.15, 0.2) is 60.8 Å². The van der Waals surface area contributed by atoms with Crippen molar-refractivity contribution in [2.75, 3.05) is 11.9 Å². The van der Waals surface area contributed by atoms with Crippen molar-refractivity contribution >= 4 is 40.9 Å². The number of nitrogens with zero attached hydrogens (tertiary/aromatic N) is 1. The van der Waals surface area contributed by atoms with Gasteiger partial charge in [0.15, 0.2) is 12.4 Å². The van der Waals surface area contributed by atoms with E-state index < -0.39 is 18.5 Å². The van der Waals surface area contributed by atoms with Gasteiger partial charge in [0, 0.05) is 11.8 Å². The van der Waals surface area contributed by atoms with Gasteiger partial charge in [-0.25, -0.2) is 9.78 Å². The average molecular weight is 445 g/mol. The summed E-state index contributed by atoms with van der Waals surface area (Å²) >= 11 is 12.1. The fraction of sp³-hybridized carbons (Fsp3) is 0.136. The molecule has 3 rings (SSSR count). The van der Waals surface area contributed by atoms with Crippen molar-refractivity contribution in [3.63, 3.8) is 0 Å².